The molecule has 0 aromatic heterocycles. The maximum atomic E-state index is 11.5. The molecule has 0 radical (unpaired) electrons. The van der Waals surface area contributed by atoms with Gasteiger partial charge in [-0.3, -0.25) is 14.9 Å². The third-order valence-corrected chi connectivity index (χ3v) is 3.70. The smallest absolute Gasteiger partial charge is 0.308 e. The molecule has 0 unspecified atom stereocenters. The van der Waals surface area contributed by atoms with E-state index in [4.69, 9.17) is 10.5 Å². The van der Waals surface area contributed by atoms with Gasteiger partial charge in [-0.25, -0.2) is 0 Å². The van der Waals surface area contributed by atoms with Crippen LogP contribution in [0.15, 0.2) is 24.3 Å². The summed E-state index contributed by atoms with van der Waals surface area (Å²) >= 11 is 0. The maximum absolute atomic E-state index is 11.5. The van der Waals surface area contributed by atoms with Crippen LogP contribution in [-0.4, -0.2) is 30.6 Å². The predicted molar refractivity (Wildman–Crippen MR) is 86.8 cm³/mol. The lowest BCUT2D eigenvalue weighted by Gasteiger charge is -2.20. The number of hydrogen-bond donors (Lipinski definition) is 2. The van der Waals surface area contributed by atoms with Crippen molar-refractivity contribution in [3.05, 3.63) is 35.4 Å². The van der Waals surface area contributed by atoms with Gasteiger partial charge in [-0.05, 0) is 24.0 Å². The predicted octanol–water partition coefficient (Wildman–Crippen LogP) is 1.22. The number of nitrogens with two attached hydrogens (primary N) is 1. The van der Waals surface area contributed by atoms with Gasteiger partial charge in [0.05, 0.1) is 5.92 Å². The number of benzene rings is 1. The molecule has 5 nitrogen and oxygen atoms in total. The van der Waals surface area contributed by atoms with Crippen LogP contribution in [0.3, 0.4) is 0 Å². The van der Waals surface area contributed by atoms with E-state index in [1.165, 1.54) is 11.1 Å². The van der Waals surface area contributed by atoms with E-state index in [0.29, 0.717) is 0 Å². The standard InChI is InChI=1S/C16H22N2O3.ClH/c1-10(2)16(20)21-9-14(15(17)19)18-13-7-11-5-3-4-6-12(11)8-13;/h3-6,10,13-14,18H,7-9H2,1-2H3,(H2,17,19);1H/t14-;/m0./s1. The summed E-state index contributed by atoms with van der Waals surface area (Å²) in [6.45, 7) is 3.49. The Bertz CT molecular complexity index is 509. The molecule has 0 saturated carbocycles. The largest absolute Gasteiger partial charge is 0.463 e. The fourth-order valence-corrected chi connectivity index (χ4v) is 2.51. The number of fused-ring (bicyclic) bond motifs is 1. The van der Waals surface area contributed by atoms with E-state index in [0.717, 1.165) is 12.8 Å². The highest BCUT2D eigenvalue weighted by Crippen LogP contribution is 2.21. The van der Waals surface area contributed by atoms with E-state index in [2.05, 4.69) is 17.4 Å². The molecule has 1 aromatic carbocycles. The van der Waals surface area contributed by atoms with Crippen LogP contribution in [0, 0.1) is 5.92 Å². The van der Waals surface area contributed by atoms with Crippen LogP contribution >= 0.6 is 12.4 Å². The van der Waals surface area contributed by atoms with E-state index in [-0.39, 0.29) is 36.9 Å². The molecule has 0 fully saturated rings. The van der Waals surface area contributed by atoms with Crippen molar-refractivity contribution in [2.24, 2.45) is 11.7 Å². The molecule has 0 bridgehead atoms. The molecule has 1 aromatic rings. The molecule has 0 saturated heterocycles. The SMILES string of the molecule is CC(C)C(=O)OC[C@H](NC1Cc2ccccc2C1)C(N)=O.Cl. The van der Waals surface area contributed by atoms with Crippen molar-refractivity contribution in [3.8, 4) is 0 Å². The van der Waals surface area contributed by atoms with Crippen molar-refractivity contribution in [2.75, 3.05) is 6.61 Å². The third-order valence-electron chi connectivity index (χ3n) is 3.70. The molecule has 1 amide bonds. The number of amides is 1. The summed E-state index contributed by atoms with van der Waals surface area (Å²) in [5, 5.41) is 3.20. The van der Waals surface area contributed by atoms with Crippen LogP contribution in [0.5, 0.6) is 0 Å². The molecule has 1 atom stereocenters. The molecule has 0 aliphatic heterocycles. The molecule has 2 rings (SSSR count). The summed E-state index contributed by atoms with van der Waals surface area (Å²) in [6.07, 6.45) is 1.72. The highest BCUT2D eigenvalue weighted by atomic mass is 35.5. The topological polar surface area (TPSA) is 81.4 Å². The first-order chi connectivity index (χ1) is 9.97. The third kappa shape index (κ3) is 4.71. The van der Waals surface area contributed by atoms with Crippen molar-refractivity contribution in [1.82, 2.24) is 5.32 Å². The van der Waals surface area contributed by atoms with Crippen LogP contribution in [0.1, 0.15) is 25.0 Å². The van der Waals surface area contributed by atoms with Gasteiger partial charge in [-0.1, -0.05) is 38.1 Å². The van der Waals surface area contributed by atoms with E-state index in [1.807, 2.05) is 12.1 Å². The minimum Gasteiger partial charge on any atom is -0.463 e. The van der Waals surface area contributed by atoms with Gasteiger partial charge in [-0.15, -0.1) is 12.4 Å². The Kier molecular flexibility index (Phi) is 6.84. The summed E-state index contributed by atoms with van der Waals surface area (Å²) in [4.78, 5) is 23.0. The zero-order chi connectivity index (χ0) is 15.4. The second-order valence-electron chi connectivity index (χ2n) is 5.78. The first-order valence-electron chi connectivity index (χ1n) is 7.26. The number of primary amides is 1. The molecule has 22 heavy (non-hydrogen) atoms. The van der Waals surface area contributed by atoms with Crippen molar-refractivity contribution in [2.45, 2.75) is 38.8 Å². The van der Waals surface area contributed by atoms with Crippen molar-refractivity contribution < 1.29 is 14.3 Å². The number of ether oxygens (including phenoxy) is 1. The second kappa shape index (κ2) is 8.15. The normalized spacial score (nSPS) is 15.0. The lowest BCUT2D eigenvalue weighted by Crippen LogP contribution is -2.50. The molecule has 122 valence electrons. The quantitative estimate of drug-likeness (QED) is 0.770. The average Bonchev–Trinajstić information content (AvgIpc) is 2.84. The van der Waals surface area contributed by atoms with E-state index >= 15 is 0 Å². The lowest BCUT2D eigenvalue weighted by molar-refractivity contribution is -0.148. The minimum atomic E-state index is -0.646. The van der Waals surface area contributed by atoms with Gasteiger partial charge in [0.15, 0.2) is 0 Å². The zero-order valence-corrected chi connectivity index (χ0v) is 13.7. The number of carbonyl (C=O) groups is 2. The number of nitrogens with one attached hydrogen (secondary N) is 1. The first kappa shape index (κ1) is 18.5. The Hall–Kier alpha value is -1.59. The van der Waals surface area contributed by atoms with E-state index in [9.17, 15) is 9.59 Å². The Morgan fingerprint density at radius 1 is 1.27 bits per heavy atom. The number of esters is 1. The molecular weight excluding hydrogens is 304 g/mol. The highest BCUT2D eigenvalue weighted by Gasteiger charge is 2.26. The Morgan fingerprint density at radius 3 is 2.27 bits per heavy atom. The van der Waals surface area contributed by atoms with E-state index < -0.39 is 11.9 Å². The number of halogens is 1. The van der Waals surface area contributed by atoms with Crippen LogP contribution in [0.4, 0.5) is 0 Å². The minimum absolute atomic E-state index is 0. The van der Waals surface area contributed by atoms with E-state index in [1.54, 1.807) is 13.8 Å². The molecule has 1 aliphatic rings. The Morgan fingerprint density at radius 2 is 1.82 bits per heavy atom. The van der Waals surface area contributed by atoms with Gasteiger partial charge < -0.3 is 10.5 Å². The zero-order valence-electron chi connectivity index (χ0n) is 12.9. The van der Waals surface area contributed by atoms with Crippen LogP contribution in [0.2, 0.25) is 0 Å². The van der Waals surface area contributed by atoms with Gasteiger partial charge in [-0.2, -0.15) is 0 Å². The average molecular weight is 327 g/mol. The molecule has 0 heterocycles. The summed E-state index contributed by atoms with van der Waals surface area (Å²) < 4.78 is 5.11. The summed E-state index contributed by atoms with van der Waals surface area (Å²) in [7, 11) is 0. The van der Waals surface area contributed by atoms with Crippen LogP contribution in [-0.2, 0) is 27.2 Å². The van der Waals surface area contributed by atoms with Gasteiger partial charge in [0, 0.05) is 6.04 Å². The van der Waals surface area contributed by atoms with Gasteiger partial charge in [0.1, 0.15) is 12.6 Å². The monoisotopic (exact) mass is 326 g/mol. The fraction of sp³-hybridized carbons (Fsp3) is 0.500. The van der Waals surface area contributed by atoms with Gasteiger partial charge >= 0.3 is 5.97 Å². The second-order valence-corrected chi connectivity index (χ2v) is 5.78. The number of carbonyl (C=O) groups excluding carboxylic acids is 2. The number of rotatable bonds is 6. The molecule has 3 N–H and O–H groups in total. The summed E-state index contributed by atoms with van der Waals surface area (Å²) in [6, 6.07) is 7.71. The Balaban J connectivity index is 0.00000242. The van der Waals surface area contributed by atoms with Crippen molar-refractivity contribution in [1.29, 1.82) is 0 Å². The maximum Gasteiger partial charge on any atom is 0.308 e. The van der Waals surface area contributed by atoms with Crippen molar-refractivity contribution in [3.63, 3.8) is 0 Å². The van der Waals surface area contributed by atoms with Gasteiger partial charge in [0.2, 0.25) is 5.91 Å². The number of hydrogen-bond acceptors (Lipinski definition) is 4. The summed E-state index contributed by atoms with van der Waals surface area (Å²) in [5.74, 6) is -1.03. The highest BCUT2D eigenvalue weighted by molar-refractivity contribution is 5.85. The van der Waals surface area contributed by atoms with Crippen LogP contribution in [0.25, 0.3) is 0 Å². The molecule has 6 heteroatoms. The first-order valence-corrected chi connectivity index (χ1v) is 7.26. The fourth-order valence-electron chi connectivity index (χ4n) is 2.51. The Labute approximate surface area is 137 Å². The van der Waals surface area contributed by atoms with Crippen molar-refractivity contribution >= 4 is 24.3 Å². The molecule has 1 aliphatic carbocycles. The van der Waals surface area contributed by atoms with Crippen LogP contribution < -0.4 is 11.1 Å². The lowest BCUT2D eigenvalue weighted by atomic mass is 10.1. The molecule has 0 spiro atoms. The summed E-state index contributed by atoms with van der Waals surface area (Å²) in [5.41, 5.74) is 7.97. The van der Waals surface area contributed by atoms with Gasteiger partial charge in [0.25, 0.3) is 0 Å². The molecular formula is C16H23ClN2O3.